The van der Waals surface area contributed by atoms with Gasteiger partial charge in [0.15, 0.2) is 0 Å². The average molecular weight is 528 g/mol. The Labute approximate surface area is 218 Å². The fraction of sp³-hybridized carbons (Fsp3) is 0.214. The van der Waals surface area contributed by atoms with E-state index in [1.54, 1.807) is 24.3 Å². The van der Waals surface area contributed by atoms with E-state index >= 15 is 4.39 Å². The number of ketones is 1. The second-order valence-corrected chi connectivity index (χ2v) is 9.79. The number of aliphatic hydroxyl groups is 1. The molecule has 0 aliphatic carbocycles. The number of carbonyl (C=O) groups excluding carboxylic acids is 2. The van der Waals surface area contributed by atoms with Crippen LogP contribution in [0, 0.1) is 18.7 Å². The summed E-state index contributed by atoms with van der Waals surface area (Å²) in [4.78, 5) is 27.6. The van der Waals surface area contributed by atoms with Crippen molar-refractivity contribution >= 4 is 46.3 Å². The Hall–Kier alpha value is -3.35. The van der Waals surface area contributed by atoms with Gasteiger partial charge < -0.3 is 9.84 Å². The fourth-order valence-corrected chi connectivity index (χ4v) is 4.39. The van der Waals surface area contributed by atoms with Gasteiger partial charge in [0.2, 0.25) is 0 Å². The molecule has 3 aromatic carbocycles. The Morgan fingerprint density at radius 2 is 1.78 bits per heavy atom. The Balaban J connectivity index is 1.88. The molecule has 0 saturated carbocycles. The summed E-state index contributed by atoms with van der Waals surface area (Å²) < 4.78 is 20.8. The van der Waals surface area contributed by atoms with E-state index in [-0.39, 0.29) is 26.9 Å². The Morgan fingerprint density at radius 1 is 1.06 bits per heavy atom. The summed E-state index contributed by atoms with van der Waals surface area (Å²) >= 11 is 12.2. The minimum Gasteiger partial charge on any atom is -0.507 e. The quantitative estimate of drug-likeness (QED) is 0.211. The van der Waals surface area contributed by atoms with E-state index in [0.29, 0.717) is 23.8 Å². The van der Waals surface area contributed by atoms with Gasteiger partial charge in [-0.3, -0.25) is 14.5 Å². The molecule has 36 heavy (non-hydrogen) atoms. The van der Waals surface area contributed by atoms with Crippen LogP contribution in [-0.4, -0.2) is 23.4 Å². The van der Waals surface area contributed by atoms with Crippen LogP contribution in [0.15, 0.2) is 66.2 Å². The lowest BCUT2D eigenvalue weighted by molar-refractivity contribution is -0.132. The second-order valence-electron chi connectivity index (χ2n) is 8.97. The molecule has 0 aromatic heterocycles. The first-order chi connectivity index (χ1) is 17.1. The van der Waals surface area contributed by atoms with Gasteiger partial charge in [-0.1, -0.05) is 55.2 Å². The van der Waals surface area contributed by atoms with Crippen molar-refractivity contribution in [2.45, 2.75) is 26.8 Å². The van der Waals surface area contributed by atoms with Crippen LogP contribution in [-0.2, 0) is 9.59 Å². The number of nitrogens with zero attached hydrogens (tertiary/aromatic N) is 1. The third-order valence-corrected chi connectivity index (χ3v) is 6.59. The first kappa shape index (κ1) is 25.7. The zero-order chi connectivity index (χ0) is 26.1. The minimum absolute atomic E-state index is 0.0536. The van der Waals surface area contributed by atoms with Crippen LogP contribution in [0.1, 0.15) is 36.6 Å². The van der Waals surface area contributed by atoms with E-state index in [9.17, 15) is 14.7 Å². The number of benzene rings is 3. The SMILES string of the molecule is Cc1cc(/C(O)=C2\C(=O)C(=O)N(c3ccc(Cl)c(Cl)c3)C2c2ccccc2F)ccc1OCC(C)C. The molecular formula is C28H24Cl2FNO4. The van der Waals surface area contributed by atoms with Crippen molar-refractivity contribution in [3.63, 3.8) is 0 Å². The number of hydrogen-bond donors (Lipinski definition) is 1. The average Bonchev–Trinajstić information content (AvgIpc) is 3.10. The molecule has 1 amide bonds. The normalized spacial score (nSPS) is 17.2. The van der Waals surface area contributed by atoms with Gasteiger partial charge in [-0.25, -0.2) is 4.39 Å². The summed E-state index contributed by atoms with van der Waals surface area (Å²) in [6.45, 7) is 6.40. The van der Waals surface area contributed by atoms with Crippen molar-refractivity contribution in [3.05, 3.63) is 98.8 Å². The van der Waals surface area contributed by atoms with Crippen molar-refractivity contribution in [2.75, 3.05) is 11.5 Å². The number of carbonyl (C=O) groups is 2. The van der Waals surface area contributed by atoms with Crippen molar-refractivity contribution < 1.29 is 23.8 Å². The number of amides is 1. The molecule has 1 aliphatic heterocycles. The monoisotopic (exact) mass is 527 g/mol. The largest absolute Gasteiger partial charge is 0.507 e. The maximum atomic E-state index is 15.0. The highest BCUT2D eigenvalue weighted by molar-refractivity contribution is 6.52. The topological polar surface area (TPSA) is 66.8 Å². The molecule has 0 radical (unpaired) electrons. The summed E-state index contributed by atoms with van der Waals surface area (Å²) in [5.74, 6) is -1.93. The zero-order valence-electron chi connectivity index (χ0n) is 19.9. The Bertz CT molecular complexity index is 1390. The lowest BCUT2D eigenvalue weighted by Crippen LogP contribution is -2.29. The van der Waals surface area contributed by atoms with Crippen LogP contribution in [0.2, 0.25) is 10.0 Å². The molecule has 1 unspecified atom stereocenters. The number of aliphatic hydroxyl groups excluding tert-OH is 1. The second kappa shape index (κ2) is 10.3. The summed E-state index contributed by atoms with van der Waals surface area (Å²) in [6, 6.07) is 14.0. The standard InChI is InChI=1S/C28H24Cl2FNO4/c1-15(2)14-36-23-11-8-17(12-16(23)3)26(33)24-25(19-6-4-5-7-22(19)31)32(28(35)27(24)34)18-9-10-20(29)21(30)13-18/h4-13,15,25,33H,14H2,1-3H3/b26-24+. The Kier molecular flexibility index (Phi) is 7.38. The van der Waals surface area contributed by atoms with Crippen LogP contribution in [0.5, 0.6) is 5.75 Å². The van der Waals surface area contributed by atoms with Gasteiger partial charge in [0, 0.05) is 16.8 Å². The van der Waals surface area contributed by atoms with Crippen molar-refractivity contribution in [3.8, 4) is 5.75 Å². The number of Topliss-reactive ketones (excluding diaryl/α,β-unsaturated/α-hetero) is 1. The van der Waals surface area contributed by atoms with Crippen LogP contribution in [0.25, 0.3) is 5.76 Å². The van der Waals surface area contributed by atoms with Gasteiger partial charge in [0.1, 0.15) is 17.3 Å². The summed E-state index contributed by atoms with van der Waals surface area (Å²) in [5, 5.41) is 11.7. The molecule has 1 aliphatic rings. The van der Waals surface area contributed by atoms with E-state index in [1.807, 2.05) is 20.8 Å². The van der Waals surface area contributed by atoms with Gasteiger partial charge in [-0.2, -0.15) is 0 Å². The third-order valence-electron chi connectivity index (χ3n) is 5.85. The molecular weight excluding hydrogens is 504 g/mol. The summed E-state index contributed by atoms with van der Waals surface area (Å²) in [7, 11) is 0. The molecule has 8 heteroatoms. The lowest BCUT2D eigenvalue weighted by Gasteiger charge is -2.26. The highest BCUT2D eigenvalue weighted by atomic mass is 35.5. The summed E-state index contributed by atoms with van der Waals surface area (Å²) in [5.41, 5.74) is 1.11. The summed E-state index contributed by atoms with van der Waals surface area (Å²) in [6.07, 6.45) is 0. The molecule has 0 bridgehead atoms. The predicted octanol–water partition coefficient (Wildman–Crippen LogP) is 7.10. The molecule has 3 aromatic rings. The molecule has 1 heterocycles. The number of aryl methyl sites for hydroxylation is 1. The van der Waals surface area contributed by atoms with Gasteiger partial charge in [-0.15, -0.1) is 0 Å². The molecule has 4 rings (SSSR count). The minimum atomic E-state index is -1.22. The van der Waals surface area contributed by atoms with Gasteiger partial charge in [-0.05, 0) is 60.9 Å². The van der Waals surface area contributed by atoms with Gasteiger partial charge in [0.05, 0.1) is 28.3 Å². The zero-order valence-corrected chi connectivity index (χ0v) is 21.4. The van der Waals surface area contributed by atoms with E-state index in [0.717, 1.165) is 10.5 Å². The van der Waals surface area contributed by atoms with Crippen molar-refractivity contribution in [2.24, 2.45) is 5.92 Å². The first-order valence-electron chi connectivity index (χ1n) is 11.3. The smallest absolute Gasteiger partial charge is 0.300 e. The van der Waals surface area contributed by atoms with Crippen molar-refractivity contribution in [1.82, 2.24) is 0 Å². The lowest BCUT2D eigenvalue weighted by atomic mass is 9.94. The third kappa shape index (κ3) is 4.84. The molecule has 5 nitrogen and oxygen atoms in total. The van der Waals surface area contributed by atoms with E-state index in [4.69, 9.17) is 27.9 Å². The first-order valence-corrected chi connectivity index (χ1v) is 12.1. The molecule has 0 spiro atoms. The van der Waals surface area contributed by atoms with Crippen LogP contribution in [0.4, 0.5) is 10.1 Å². The molecule has 1 N–H and O–H groups in total. The maximum absolute atomic E-state index is 15.0. The number of rotatable bonds is 6. The fourth-order valence-electron chi connectivity index (χ4n) is 4.10. The highest BCUT2D eigenvalue weighted by Gasteiger charge is 2.48. The van der Waals surface area contributed by atoms with E-state index < -0.39 is 29.3 Å². The van der Waals surface area contributed by atoms with Gasteiger partial charge in [0.25, 0.3) is 11.7 Å². The van der Waals surface area contributed by atoms with Crippen LogP contribution in [0.3, 0.4) is 0 Å². The molecule has 1 atom stereocenters. The van der Waals surface area contributed by atoms with Crippen LogP contribution >= 0.6 is 23.2 Å². The van der Waals surface area contributed by atoms with Crippen LogP contribution < -0.4 is 9.64 Å². The Morgan fingerprint density at radius 3 is 2.42 bits per heavy atom. The number of anilines is 1. The molecule has 186 valence electrons. The predicted molar refractivity (Wildman–Crippen MR) is 139 cm³/mol. The highest BCUT2D eigenvalue weighted by Crippen LogP contribution is 2.44. The number of halogens is 3. The van der Waals surface area contributed by atoms with E-state index in [1.165, 1.54) is 36.4 Å². The van der Waals surface area contributed by atoms with E-state index in [2.05, 4.69) is 0 Å². The molecule has 1 saturated heterocycles. The maximum Gasteiger partial charge on any atom is 0.300 e. The van der Waals surface area contributed by atoms with Crippen molar-refractivity contribution in [1.29, 1.82) is 0 Å². The number of ether oxygens (including phenoxy) is 1. The number of hydrogen-bond acceptors (Lipinski definition) is 4. The molecule has 1 fully saturated rings. The van der Waals surface area contributed by atoms with Gasteiger partial charge >= 0.3 is 0 Å².